The summed E-state index contributed by atoms with van der Waals surface area (Å²) in [4.78, 5) is 4.87. The maximum absolute atomic E-state index is 6.35. The van der Waals surface area contributed by atoms with E-state index in [1.807, 2.05) is 24.3 Å². The van der Waals surface area contributed by atoms with Crippen molar-refractivity contribution in [1.29, 1.82) is 0 Å². The zero-order chi connectivity index (χ0) is 15.0. The van der Waals surface area contributed by atoms with Crippen molar-refractivity contribution in [1.82, 2.24) is 4.98 Å². The highest BCUT2D eigenvalue weighted by Gasteiger charge is 2.12. The monoisotopic (exact) mass is 359 g/mol. The summed E-state index contributed by atoms with van der Waals surface area (Å²) in [6.07, 6.45) is 0. The predicted octanol–water partition coefficient (Wildman–Crippen LogP) is 6.44. The molecule has 0 atom stereocenters. The van der Waals surface area contributed by atoms with Crippen molar-refractivity contribution in [2.75, 3.05) is 0 Å². The van der Waals surface area contributed by atoms with E-state index in [1.165, 1.54) is 5.56 Å². The lowest BCUT2D eigenvalue weighted by Gasteiger charge is -2.12. The van der Waals surface area contributed by atoms with E-state index in [4.69, 9.17) is 16.6 Å². The molecule has 0 spiro atoms. The SMILES string of the molecule is CC(C)c1cccc2ccc(-c3c(Cl)cccc3Br)nc12. The Morgan fingerprint density at radius 2 is 1.76 bits per heavy atom. The fourth-order valence-corrected chi connectivity index (χ4v) is 3.47. The molecule has 3 rings (SSSR count). The fourth-order valence-electron chi connectivity index (χ4n) is 2.52. The van der Waals surface area contributed by atoms with Crippen molar-refractivity contribution in [3.63, 3.8) is 0 Å². The van der Waals surface area contributed by atoms with Crippen molar-refractivity contribution in [3.05, 3.63) is 63.6 Å². The summed E-state index contributed by atoms with van der Waals surface area (Å²) >= 11 is 9.92. The molecule has 2 aromatic carbocycles. The van der Waals surface area contributed by atoms with Crippen LogP contribution in [0.5, 0.6) is 0 Å². The van der Waals surface area contributed by atoms with Gasteiger partial charge in [-0.25, -0.2) is 4.98 Å². The van der Waals surface area contributed by atoms with E-state index in [1.54, 1.807) is 0 Å². The second kappa shape index (κ2) is 5.78. The Labute approximate surface area is 138 Å². The zero-order valence-corrected chi connectivity index (χ0v) is 14.2. The number of fused-ring (bicyclic) bond motifs is 1. The summed E-state index contributed by atoms with van der Waals surface area (Å²) in [6, 6.07) is 16.3. The third-order valence-corrected chi connectivity index (χ3v) is 4.57. The Balaban J connectivity index is 2.28. The van der Waals surface area contributed by atoms with E-state index in [0.717, 1.165) is 26.6 Å². The van der Waals surface area contributed by atoms with Crippen molar-refractivity contribution >= 4 is 38.4 Å². The van der Waals surface area contributed by atoms with Crippen molar-refractivity contribution in [3.8, 4) is 11.3 Å². The number of hydrogen-bond donors (Lipinski definition) is 0. The lowest BCUT2D eigenvalue weighted by atomic mass is 9.99. The lowest BCUT2D eigenvalue weighted by molar-refractivity contribution is 0.873. The van der Waals surface area contributed by atoms with Gasteiger partial charge in [-0.15, -0.1) is 0 Å². The Morgan fingerprint density at radius 1 is 1.00 bits per heavy atom. The zero-order valence-electron chi connectivity index (χ0n) is 11.9. The maximum atomic E-state index is 6.35. The highest BCUT2D eigenvalue weighted by Crippen LogP contribution is 2.35. The second-order valence-electron chi connectivity index (χ2n) is 5.37. The van der Waals surface area contributed by atoms with Gasteiger partial charge in [0.1, 0.15) is 0 Å². The minimum Gasteiger partial charge on any atom is -0.247 e. The smallest absolute Gasteiger partial charge is 0.0744 e. The van der Waals surface area contributed by atoms with Gasteiger partial charge in [-0.1, -0.05) is 71.7 Å². The topological polar surface area (TPSA) is 12.9 Å². The number of nitrogens with zero attached hydrogens (tertiary/aromatic N) is 1. The van der Waals surface area contributed by atoms with Gasteiger partial charge in [0.15, 0.2) is 0 Å². The molecule has 0 aliphatic carbocycles. The number of para-hydroxylation sites is 1. The first-order valence-corrected chi connectivity index (χ1v) is 8.09. The van der Waals surface area contributed by atoms with Gasteiger partial charge in [-0.2, -0.15) is 0 Å². The van der Waals surface area contributed by atoms with Crippen LogP contribution in [0, 0.1) is 0 Å². The van der Waals surface area contributed by atoms with Gasteiger partial charge < -0.3 is 0 Å². The fraction of sp³-hybridized carbons (Fsp3) is 0.167. The highest BCUT2D eigenvalue weighted by atomic mass is 79.9. The van der Waals surface area contributed by atoms with Crippen LogP contribution in [0.1, 0.15) is 25.3 Å². The van der Waals surface area contributed by atoms with Crippen LogP contribution in [0.15, 0.2) is 53.0 Å². The predicted molar refractivity (Wildman–Crippen MR) is 94.0 cm³/mol. The molecular formula is C18H15BrClN. The molecule has 0 unspecified atom stereocenters. The molecule has 3 aromatic rings. The second-order valence-corrected chi connectivity index (χ2v) is 6.63. The quantitative estimate of drug-likeness (QED) is 0.512. The molecule has 1 nitrogen and oxygen atoms in total. The molecular weight excluding hydrogens is 346 g/mol. The minimum absolute atomic E-state index is 0.436. The first-order valence-electron chi connectivity index (χ1n) is 6.92. The minimum atomic E-state index is 0.436. The number of benzene rings is 2. The number of rotatable bonds is 2. The highest BCUT2D eigenvalue weighted by molar-refractivity contribution is 9.10. The molecule has 106 valence electrons. The molecule has 0 fully saturated rings. The Kier molecular flexibility index (Phi) is 4.01. The standard InChI is InChI=1S/C18H15BrClN/c1-11(2)13-6-3-5-12-9-10-16(21-18(12)13)17-14(19)7-4-8-15(17)20/h3-11H,1-2H3. The number of pyridine rings is 1. The molecule has 0 amide bonds. The van der Waals surface area contributed by atoms with E-state index in [2.05, 4.69) is 54.0 Å². The van der Waals surface area contributed by atoms with Gasteiger partial charge in [-0.05, 0) is 29.7 Å². The maximum Gasteiger partial charge on any atom is 0.0744 e. The van der Waals surface area contributed by atoms with Gasteiger partial charge in [0.2, 0.25) is 0 Å². The number of halogens is 2. The molecule has 0 aliphatic heterocycles. The molecule has 0 radical (unpaired) electrons. The molecule has 0 bridgehead atoms. The summed E-state index contributed by atoms with van der Waals surface area (Å²) < 4.78 is 0.962. The van der Waals surface area contributed by atoms with Crippen LogP contribution in [0.2, 0.25) is 5.02 Å². The van der Waals surface area contributed by atoms with Gasteiger partial charge in [0, 0.05) is 15.4 Å². The average molecular weight is 361 g/mol. The van der Waals surface area contributed by atoms with Crippen LogP contribution < -0.4 is 0 Å². The van der Waals surface area contributed by atoms with Gasteiger partial charge in [-0.3, -0.25) is 0 Å². The third kappa shape index (κ3) is 2.70. The van der Waals surface area contributed by atoms with Crippen LogP contribution in [0.3, 0.4) is 0 Å². The van der Waals surface area contributed by atoms with Gasteiger partial charge >= 0.3 is 0 Å². The third-order valence-electron chi connectivity index (χ3n) is 3.59. The van der Waals surface area contributed by atoms with Crippen LogP contribution in [0.4, 0.5) is 0 Å². The molecule has 0 aliphatic rings. The van der Waals surface area contributed by atoms with Crippen molar-refractivity contribution in [2.24, 2.45) is 0 Å². The van der Waals surface area contributed by atoms with E-state index in [9.17, 15) is 0 Å². The summed E-state index contributed by atoms with van der Waals surface area (Å²) in [7, 11) is 0. The first-order chi connectivity index (χ1) is 10.1. The van der Waals surface area contributed by atoms with E-state index in [-0.39, 0.29) is 0 Å². The average Bonchev–Trinajstić information content (AvgIpc) is 2.46. The van der Waals surface area contributed by atoms with E-state index >= 15 is 0 Å². The summed E-state index contributed by atoms with van der Waals surface area (Å²) in [6.45, 7) is 4.38. The summed E-state index contributed by atoms with van der Waals surface area (Å²) in [5.74, 6) is 0.436. The van der Waals surface area contributed by atoms with Crippen LogP contribution in [-0.2, 0) is 0 Å². The summed E-state index contributed by atoms with van der Waals surface area (Å²) in [5, 5.41) is 1.87. The largest absolute Gasteiger partial charge is 0.247 e. The van der Waals surface area contributed by atoms with Gasteiger partial charge in [0.05, 0.1) is 16.2 Å². The Hall–Kier alpha value is -1.38. The van der Waals surface area contributed by atoms with Crippen LogP contribution in [0.25, 0.3) is 22.2 Å². The molecule has 0 saturated heterocycles. The summed E-state index contributed by atoms with van der Waals surface area (Å²) in [5.41, 5.74) is 4.15. The molecule has 3 heteroatoms. The lowest BCUT2D eigenvalue weighted by Crippen LogP contribution is -1.94. The first kappa shape index (κ1) is 14.6. The normalized spacial score (nSPS) is 11.3. The van der Waals surface area contributed by atoms with Crippen LogP contribution in [-0.4, -0.2) is 4.98 Å². The number of hydrogen-bond acceptors (Lipinski definition) is 1. The van der Waals surface area contributed by atoms with E-state index in [0.29, 0.717) is 10.9 Å². The van der Waals surface area contributed by atoms with Crippen molar-refractivity contribution < 1.29 is 0 Å². The molecule has 21 heavy (non-hydrogen) atoms. The van der Waals surface area contributed by atoms with Crippen molar-refractivity contribution in [2.45, 2.75) is 19.8 Å². The molecule has 1 heterocycles. The molecule has 1 aromatic heterocycles. The molecule has 0 saturated carbocycles. The van der Waals surface area contributed by atoms with Crippen LogP contribution >= 0.6 is 27.5 Å². The Morgan fingerprint density at radius 3 is 2.48 bits per heavy atom. The number of aromatic nitrogens is 1. The molecule has 0 N–H and O–H groups in total. The van der Waals surface area contributed by atoms with E-state index < -0.39 is 0 Å². The van der Waals surface area contributed by atoms with Gasteiger partial charge in [0.25, 0.3) is 0 Å². The Bertz CT molecular complexity index is 791.